The van der Waals surface area contributed by atoms with Crippen LogP contribution in [0.5, 0.6) is 0 Å². The van der Waals surface area contributed by atoms with Crippen molar-refractivity contribution in [2.24, 2.45) is 0 Å². The largest absolute Gasteiger partial charge is 0.762 e. The highest BCUT2D eigenvalue weighted by molar-refractivity contribution is 7.54. The van der Waals surface area contributed by atoms with Gasteiger partial charge in [0, 0.05) is 0 Å². The van der Waals surface area contributed by atoms with Crippen molar-refractivity contribution in [1.82, 2.24) is 0 Å². The predicted octanol–water partition coefficient (Wildman–Crippen LogP) is 2.57. The van der Waals surface area contributed by atoms with E-state index in [2.05, 4.69) is 0 Å². The van der Waals surface area contributed by atoms with Gasteiger partial charge in [0.2, 0.25) is 0 Å². The fourth-order valence-electron chi connectivity index (χ4n) is 0. The van der Waals surface area contributed by atoms with E-state index in [9.17, 15) is 12.9 Å². The molecular formula is B2Cl3F3. The summed E-state index contributed by atoms with van der Waals surface area (Å²) in [6.45, 7) is 0. The van der Waals surface area contributed by atoms with Crippen LogP contribution < -0.4 is 0 Å². The molecule has 0 nitrogen and oxygen atoms in total. The summed E-state index contributed by atoms with van der Waals surface area (Å²) >= 11 is 14.4. The molecular weight excluding hydrogens is 185 g/mol. The fraction of sp³-hybridized carbons (Fsp3) is 0. The van der Waals surface area contributed by atoms with Gasteiger partial charge in [-0.1, -0.05) is 0 Å². The number of hydrogen-bond donors (Lipinski definition) is 0. The van der Waals surface area contributed by atoms with Gasteiger partial charge in [-0.3, -0.25) is 12.9 Å². The first-order valence-corrected chi connectivity index (χ1v) is 2.62. The lowest BCUT2D eigenvalue weighted by Gasteiger charge is -1.61. The van der Waals surface area contributed by atoms with Crippen LogP contribution in [0, 0.1) is 0 Å². The van der Waals surface area contributed by atoms with Crippen LogP contribution in [0.2, 0.25) is 0 Å². The molecule has 0 aromatic heterocycles. The minimum atomic E-state index is -3.67. The Bertz CT molecular complexity index is 28.0. The topological polar surface area (TPSA) is 0 Å². The molecule has 0 N–H and O–H groups in total. The van der Waals surface area contributed by atoms with Crippen molar-refractivity contribution >= 4 is 46.9 Å². The fourth-order valence-corrected chi connectivity index (χ4v) is 0. The molecule has 0 saturated heterocycles. The quantitative estimate of drug-likeness (QED) is 0.508. The van der Waals surface area contributed by atoms with E-state index in [0.29, 0.717) is 0 Å². The van der Waals surface area contributed by atoms with E-state index in [-0.39, 0.29) is 0 Å². The molecule has 8 heavy (non-hydrogen) atoms. The Labute approximate surface area is 60.3 Å². The summed E-state index contributed by atoms with van der Waals surface area (Å²) in [5.74, 6) is 0. The normalized spacial score (nSPS) is 6.75. The van der Waals surface area contributed by atoms with Gasteiger partial charge >= 0.3 is 12.5 Å². The van der Waals surface area contributed by atoms with Gasteiger partial charge in [0.25, 0.3) is 0 Å². The Morgan fingerprint density at radius 1 is 0.875 bits per heavy atom. The Morgan fingerprint density at radius 3 is 0.875 bits per heavy atom. The van der Waals surface area contributed by atoms with Crippen molar-refractivity contribution in [1.29, 1.82) is 0 Å². The molecule has 0 aliphatic heterocycles. The second-order valence-electron chi connectivity index (χ2n) is 0.495. The van der Waals surface area contributed by atoms with E-state index in [1.807, 2.05) is 0 Å². The second kappa shape index (κ2) is 7.79. The summed E-state index contributed by atoms with van der Waals surface area (Å²) in [4.78, 5) is -0.750. The van der Waals surface area contributed by atoms with E-state index in [0.717, 1.165) is 0 Å². The van der Waals surface area contributed by atoms with Gasteiger partial charge in [0.05, 0.1) is 0 Å². The summed E-state index contributed by atoms with van der Waals surface area (Å²) in [7, 11) is -3.67. The van der Waals surface area contributed by atoms with Gasteiger partial charge < -0.3 is 0 Å². The van der Waals surface area contributed by atoms with Crippen LogP contribution >= 0.6 is 34.4 Å². The smallest absolute Gasteiger partial charge is 0.254 e. The molecule has 8 heteroatoms. The van der Waals surface area contributed by atoms with Crippen molar-refractivity contribution in [2.45, 2.75) is 0 Å². The highest BCUT2D eigenvalue weighted by Crippen LogP contribution is 1.97. The molecule has 0 aliphatic rings. The molecule has 0 spiro atoms. The lowest BCUT2D eigenvalue weighted by atomic mass is 10.5. The Kier molecular flexibility index (Phi) is 11.3. The first-order chi connectivity index (χ1) is 3.46. The van der Waals surface area contributed by atoms with Crippen LogP contribution in [0.15, 0.2) is 0 Å². The summed E-state index contributed by atoms with van der Waals surface area (Å²) in [5.41, 5.74) is 0. The molecule has 0 aliphatic carbocycles. The van der Waals surface area contributed by atoms with E-state index >= 15 is 0 Å². The maximum Gasteiger partial charge on any atom is 0.762 e. The van der Waals surface area contributed by atoms with Crippen LogP contribution in [-0.2, 0) is 0 Å². The zero-order valence-electron chi connectivity index (χ0n) is 3.42. The second-order valence-corrected chi connectivity index (χ2v) is 2.47. The monoisotopic (exact) mass is 184 g/mol. The highest BCUT2D eigenvalue weighted by atomic mass is 35.6. The third kappa shape index (κ3) is 365. The lowest BCUT2D eigenvalue weighted by molar-refractivity contribution is 0.535. The van der Waals surface area contributed by atoms with E-state index in [4.69, 9.17) is 34.4 Å². The summed E-state index contributed by atoms with van der Waals surface area (Å²) in [6.07, 6.45) is 0. The van der Waals surface area contributed by atoms with Crippen LogP contribution in [0.4, 0.5) is 12.9 Å². The van der Waals surface area contributed by atoms with Crippen molar-refractivity contribution in [3.05, 3.63) is 0 Å². The molecule has 0 fully saturated rings. The minimum absolute atomic E-state index is 0.750. The standard InChI is InChI=1S/BCl3.BF3/c2*2-1(3)4. The maximum atomic E-state index is 9.67. The number of halogens is 6. The van der Waals surface area contributed by atoms with Crippen LogP contribution in [0.3, 0.4) is 0 Å². The van der Waals surface area contributed by atoms with Crippen molar-refractivity contribution in [3.63, 3.8) is 0 Å². The first-order valence-electron chi connectivity index (χ1n) is 1.31. The van der Waals surface area contributed by atoms with E-state index in [1.54, 1.807) is 0 Å². The minimum Gasteiger partial charge on any atom is -0.254 e. The van der Waals surface area contributed by atoms with Crippen molar-refractivity contribution < 1.29 is 12.9 Å². The molecule has 0 saturated carbocycles. The third-order valence-electron chi connectivity index (χ3n) is 0. The Hall–Kier alpha value is 0.790. The number of hydrogen-bond acceptors (Lipinski definition) is 0. The molecule has 0 bridgehead atoms. The van der Waals surface area contributed by atoms with E-state index < -0.39 is 12.5 Å². The van der Waals surface area contributed by atoms with Gasteiger partial charge in [-0.2, -0.15) is 34.4 Å². The Balaban J connectivity index is 0. The maximum absolute atomic E-state index is 9.67. The third-order valence-corrected chi connectivity index (χ3v) is 0. The van der Waals surface area contributed by atoms with Crippen molar-refractivity contribution in [3.8, 4) is 0 Å². The summed E-state index contributed by atoms with van der Waals surface area (Å²) < 4.78 is 29.0. The SMILES string of the molecule is ClB(Cl)Cl.FB(F)F. The zero-order valence-corrected chi connectivity index (χ0v) is 5.69. The van der Waals surface area contributed by atoms with Gasteiger partial charge in [-0.15, -0.1) is 0 Å². The Morgan fingerprint density at radius 2 is 0.875 bits per heavy atom. The summed E-state index contributed by atoms with van der Waals surface area (Å²) in [6, 6.07) is 0. The van der Waals surface area contributed by atoms with Crippen molar-refractivity contribution in [2.75, 3.05) is 0 Å². The van der Waals surface area contributed by atoms with Crippen LogP contribution in [0.1, 0.15) is 0 Å². The van der Waals surface area contributed by atoms with E-state index in [1.165, 1.54) is 0 Å². The van der Waals surface area contributed by atoms with Gasteiger partial charge in [0.15, 0.2) is 0 Å². The van der Waals surface area contributed by atoms with Gasteiger partial charge in [-0.05, 0) is 0 Å². The van der Waals surface area contributed by atoms with Gasteiger partial charge in [0.1, 0.15) is 0 Å². The lowest BCUT2D eigenvalue weighted by Crippen LogP contribution is -1.76. The molecule has 48 valence electrons. The molecule has 0 aromatic carbocycles. The van der Waals surface area contributed by atoms with Crippen LogP contribution in [0.25, 0.3) is 0 Å². The molecule has 0 unspecified atom stereocenters. The molecule has 0 amide bonds. The number of rotatable bonds is 0. The highest BCUT2D eigenvalue weighted by Gasteiger charge is 2.06. The summed E-state index contributed by atoms with van der Waals surface area (Å²) in [5, 5.41) is 0. The molecule has 0 aromatic rings. The zero-order chi connectivity index (χ0) is 7.15. The molecule has 0 radical (unpaired) electrons. The van der Waals surface area contributed by atoms with Gasteiger partial charge in [-0.25, -0.2) is 0 Å². The molecule has 0 atom stereocenters. The van der Waals surface area contributed by atoms with Crippen LogP contribution in [-0.4, -0.2) is 12.5 Å². The first kappa shape index (κ1) is 11.6. The molecule has 0 rings (SSSR count). The predicted molar refractivity (Wildman–Crippen MR) is 32.4 cm³/mol. The average Bonchev–Trinajstić information content (AvgIpc) is 1.25. The molecule has 0 heterocycles. The average molecular weight is 185 g/mol.